The molecule has 0 radical (unpaired) electrons. The fraction of sp³-hybridized carbons (Fsp3) is 0.750. The van der Waals surface area contributed by atoms with Crippen LogP contribution in [0.3, 0.4) is 0 Å². The quantitative estimate of drug-likeness (QED) is 0.251. The van der Waals surface area contributed by atoms with Crippen molar-refractivity contribution in [1.82, 2.24) is 0 Å². The molecule has 0 amide bonds. The van der Waals surface area contributed by atoms with Gasteiger partial charge in [0.25, 0.3) is 0 Å². The van der Waals surface area contributed by atoms with Crippen molar-refractivity contribution in [3.63, 3.8) is 0 Å². The molecule has 0 aliphatic heterocycles. The first kappa shape index (κ1) is 10.5. The molecule has 50 valence electrons. The first-order chi connectivity index (χ1) is 3.31. The molecule has 0 aromatic carbocycles. The fourth-order valence-corrected chi connectivity index (χ4v) is 0.321. The van der Waals surface area contributed by atoms with E-state index in [0.29, 0.717) is 5.84 Å². The van der Waals surface area contributed by atoms with Gasteiger partial charge in [-0.25, -0.2) is 0 Å². The third kappa shape index (κ3) is 5.56. The van der Waals surface area contributed by atoms with E-state index < -0.39 is 0 Å². The lowest BCUT2D eigenvalue weighted by Gasteiger charge is -1.89. The molecule has 4 heteroatoms. The Kier molecular flexibility index (Phi) is 8.63. The van der Waals surface area contributed by atoms with Gasteiger partial charge in [0.2, 0.25) is 0 Å². The van der Waals surface area contributed by atoms with Gasteiger partial charge in [0, 0.05) is 6.42 Å². The molecule has 3 nitrogen and oxygen atoms in total. The van der Waals surface area contributed by atoms with Crippen molar-refractivity contribution in [3.05, 3.63) is 0 Å². The zero-order valence-electron chi connectivity index (χ0n) is 4.92. The highest BCUT2D eigenvalue weighted by molar-refractivity contribution is 5.85. The molecular weight excluding hydrogens is 126 g/mol. The van der Waals surface area contributed by atoms with Crippen molar-refractivity contribution < 1.29 is 0 Å². The largest absolute Gasteiger partial charge is 0.386 e. The zero-order chi connectivity index (χ0) is 5.70. The van der Waals surface area contributed by atoms with Crippen LogP contribution in [0.4, 0.5) is 0 Å². The van der Waals surface area contributed by atoms with Gasteiger partial charge in [-0.05, 0) is 6.42 Å². The molecule has 0 heterocycles. The first-order valence-corrected chi connectivity index (χ1v) is 2.33. The van der Waals surface area contributed by atoms with Gasteiger partial charge in [0.15, 0.2) is 0 Å². The lowest BCUT2D eigenvalue weighted by atomic mass is 10.3. The van der Waals surface area contributed by atoms with E-state index in [1.165, 1.54) is 0 Å². The molecule has 0 fully saturated rings. The summed E-state index contributed by atoms with van der Waals surface area (Å²) in [5.74, 6) is 5.35. The van der Waals surface area contributed by atoms with E-state index in [1.807, 2.05) is 6.92 Å². The van der Waals surface area contributed by atoms with Crippen LogP contribution in [0.5, 0.6) is 0 Å². The van der Waals surface area contributed by atoms with Crippen molar-refractivity contribution in [3.8, 4) is 0 Å². The van der Waals surface area contributed by atoms with Crippen molar-refractivity contribution in [2.45, 2.75) is 19.8 Å². The topological polar surface area (TPSA) is 64.4 Å². The highest BCUT2D eigenvalue weighted by Gasteiger charge is 1.83. The Labute approximate surface area is 55.5 Å². The van der Waals surface area contributed by atoms with Gasteiger partial charge in [-0.15, -0.1) is 12.4 Å². The van der Waals surface area contributed by atoms with Gasteiger partial charge in [-0.3, -0.25) is 0 Å². The minimum Gasteiger partial charge on any atom is -0.386 e. The minimum absolute atomic E-state index is 0. The van der Waals surface area contributed by atoms with Crippen LogP contribution in [0.25, 0.3) is 0 Å². The van der Waals surface area contributed by atoms with Crippen LogP contribution in [0.2, 0.25) is 0 Å². The summed E-state index contributed by atoms with van der Waals surface area (Å²) in [5, 5.41) is 3.27. The molecule has 0 aliphatic rings. The van der Waals surface area contributed by atoms with Gasteiger partial charge in [-0.1, -0.05) is 6.92 Å². The summed E-state index contributed by atoms with van der Waals surface area (Å²) in [6.07, 6.45) is 1.81. The van der Waals surface area contributed by atoms with Crippen molar-refractivity contribution >= 4 is 18.2 Å². The summed E-state index contributed by atoms with van der Waals surface area (Å²) >= 11 is 0. The molecule has 0 saturated heterocycles. The maximum absolute atomic E-state index is 5.21. The van der Waals surface area contributed by atoms with Gasteiger partial charge in [0.1, 0.15) is 5.84 Å². The second kappa shape index (κ2) is 6.56. The standard InChI is InChI=1S/C4H11N3.ClH/c1-2-3-4(5)7-6;/h2-3,6H2,1H3,(H2,5,7);1H. The maximum atomic E-state index is 5.21. The predicted molar refractivity (Wildman–Crippen MR) is 38.0 cm³/mol. The summed E-state index contributed by atoms with van der Waals surface area (Å²) in [4.78, 5) is 0. The summed E-state index contributed by atoms with van der Waals surface area (Å²) in [6, 6.07) is 0. The second-order valence-electron chi connectivity index (χ2n) is 1.37. The monoisotopic (exact) mass is 137 g/mol. The number of hydrogen-bond donors (Lipinski definition) is 2. The summed E-state index contributed by atoms with van der Waals surface area (Å²) in [5.41, 5.74) is 5.21. The van der Waals surface area contributed by atoms with E-state index in [9.17, 15) is 0 Å². The molecule has 0 aromatic heterocycles. The highest BCUT2D eigenvalue weighted by Crippen LogP contribution is 1.82. The Bertz CT molecular complexity index is 71.7. The first-order valence-electron chi connectivity index (χ1n) is 2.33. The molecule has 0 saturated carbocycles. The number of halogens is 1. The van der Waals surface area contributed by atoms with E-state index in [1.54, 1.807) is 0 Å². The Morgan fingerprint density at radius 2 is 2.12 bits per heavy atom. The van der Waals surface area contributed by atoms with Crippen LogP contribution in [0.15, 0.2) is 5.10 Å². The highest BCUT2D eigenvalue weighted by atomic mass is 35.5. The van der Waals surface area contributed by atoms with E-state index in [4.69, 9.17) is 11.6 Å². The Morgan fingerprint density at radius 3 is 2.25 bits per heavy atom. The lowest BCUT2D eigenvalue weighted by Crippen LogP contribution is -2.12. The van der Waals surface area contributed by atoms with Crippen molar-refractivity contribution in [2.75, 3.05) is 0 Å². The molecule has 4 N–H and O–H groups in total. The molecule has 0 bridgehead atoms. The number of nitrogens with two attached hydrogens (primary N) is 2. The zero-order valence-corrected chi connectivity index (χ0v) is 5.74. The lowest BCUT2D eigenvalue weighted by molar-refractivity contribution is 0.972. The van der Waals surface area contributed by atoms with E-state index in [0.717, 1.165) is 12.8 Å². The third-order valence-corrected chi connectivity index (χ3v) is 0.672. The van der Waals surface area contributed by atoms with Crippen LogP contribution < -0.4 is 11.6 Å². The Morgan fingerprint density at radius 1 is 1.62 bits per heavy atom. The minimum atomic E-state index is 0. The Balaban J connectivity index is 0. The maximum Gasteiger partial charge on any atom is 0.119 e. The summed E-state index contributed by atoms with van der Waals surface area (Å²) < 4.78 is 0. The van der Waals surface area contributed by atoms with Crippen LogP contribution in [-0.2, 0) is 0 Å². The van der Waals surface area contributed by atoms with Crippen molar-refractivity contribution in [2.24, 2.45) is 16.7 Å². The normalized spacial score (nSPS) is 10.4. The average Bonchev–Trinajstić information content (AvgIpc) is 1.68. The second-order valence-corrected chi connectivity index (χ2v) is 1.37. The van der Waals surface area contributed by atoms with E-state index in [-0.39, 0.29) is 12.4 Å². The van der Waals surface area contributed by atoms with Crippen LogP contribution in [0.1, 0.15) is 19.8 Å². The van der Waals surface area contributed by atoms with Gasteiger partial charge in [0.05, 0.1) is 0 Å². The molecule has 0 unspecified atom stereocenters. The number of nitrogens with zero attached hydrogens (tertiary/aromatic N) is 1. The molecule has 0 aromatic rings. The number of rotatable bonds is 2. The van der Waals surface area contributed by atoms with Crippen LogP contribution in [-0.4, -0.2) is 5.84 Å². The van der Waals surface area contributed by atoms with Crippen LogP contribution >= 0.6 is 12.4 Å². The molecule has 0 rings (SSSR count). The molecular formula is C4H12ClN3. The number of hydrogen-bond acceptors (Lipinski definition) is 2. The van der Waals surface area contributed by atoms with E-state index >= 15 is 0 Å². The fourth-order valence-electron chi connectivity index (χ4n) is 0.321. The molecule has 8 heavy (non-hydrogen) atoms. The summed E-state index contributed by atoms with van der Waals surface area (Å²) in [6.45, 7) is 2.03. The molecule has 0 atom stereocenters. The third-order valence-electron chi connectivity index (χ3n) is 0.672. The van der Waals surface area contributed by atoms with Crippen LogP contribution in [0, 0.1) is 0 Å². The number of hydrazone groups is 1. The van der Waals surface area contributed by atoms with Crippen molar-refractivity contribution in [1.29, 1.82) is 0 Å². The number of amidine groups is 1. The summed E-state index contributed by atoms with van der Waals surface area (Å²) in [7, 11) is 0. The molecule has 0 spiro atoms. The van der Waals surface area contributed by atoms with Gasteiger partial charge < -0.3 is 11.6 Å². The van der Waals surface area contributed by atoms with Gasteiger partial charge >= 0.3 is 0 Å². The SMILES string of the molecule is CCCC(N)=NN.Cl. The molecule has 0 aliphatic carbocycles. The predicted octanol–water partition coefficient (Wildman–Crippen LogP) is 0.439. The van der Waals surface area contributed by atoms with E-state index in [2.05, 4.69) is 5.10 Å². The average molecular weight is 138 g/mol. The van der Waals surface area contributed by atoms with Gasteiger partial charge in [-0.2, -0.15) is 5.10 Å². The smallest absolute Gasteiger partial charge is 0.119 e. The Hall–Kier alpha value is -0.440.